The van der Waals surface area contributed by atoms with Crippen molar-refractivity contribution in [3.63, 3.8) is 0 Å². The van der Waals surface area contributed by atoms with Crippen molar-refractivity contribution in [3.8, 4) is 0 Å². The van der Waals surface area contributed by atoms with Crippen molar-refractivity contribution in [2.45, 2.75) is 57.8 Å². The Morgan fingerprint density at radius 2 is 1.11 bits per heavy atom. The van der Waals surface area contributed by atoms with E-state index in [0.29, 0.717) is 23.5 Å². The van der Waals surface area contributed by atoms with Crippen LogP contribution in [0.1, 0.15) is 45.7 Å². The maximum atomic E-state index is 13.5. The molecule has 1 saturated heterocycles. The highest BCUT2D eigenvalue weighted by Gasteiger charge is 2.52. The van der Waals surface area contributed by atoms with Crippen LogP contribution in [-0.4, -0.2) is 49.3 Å². The normalized spacial score (nSPS) is 21.3. The van der Waals surface area contributed by atoms with Gasteiger partial charge >= 0.3 is 11.9 Å². The van der Waals surface area contributed by atoms with Gasteiger partial charge in [-0.05, 0) is 55.3 Å². The van der Waals surface area contributed by atoms with E-state index in [-0.39, 0.29) is 13.2 Å². The van der Waals surface area contributed by atoms with Crippen molar-refractivity contribution in [1.29, 1.82) is 0 Å². The number of carbonyl (C=O) groups is 2. The van der Waals surface area contributed by atoms with E-state index in [1.807, 2.05) is 79.7 Å². The molecule has 0 radical (unpaired) electrons. The molecule has 1 heterocycles. The Kier molecular flexibility index (Phi) is 11.7. The first-order valence-corrected chi connectivity index (χ1v) is 15.3. The van der Waals surface area contributed by atoms with Crippen molar-refractivity contribution in [3.05, 3.63) is 155 Å². The molecule has 238 valence electrons. The summed E-state index contributed by atoms with van der Waals surface area (Å²) in [6.45, 7) is 4.11. The molecule has 8 nitrogen and oxygen atoms in total. The van der Waals surface area contributed by atoms with Crippen molar-refractivity contribution in [2.24, 2.45) is 0 Å². The first-order valence-electron chi connectivity index (χ1n) is 15.3. The summed E-state index contributed by atoms with van der Waals surface area (Å²) in [5, 5.41) is 0. The lowest BCUT2D eigenvalue weighted by molar-refractivity contribution is -0.300. The molecule has 0 amide bonds. The zero-order valence-corrected chi connectivity index (χ0v) is 25.9. The van der Waals surface area contributed by atoms with E-state index < -0.39 is 42.6 Å². The summed E-state index contributed by atoms with van der Waals surface area (Å²) in [4.78, 5) is 27.0. The third kappa shape index (κ3) is 8.91. The van der Waals surface area contributed by atoms with Crippen LogP contribution in [0.3, 0.4) is 0 Å². The van der Waals surface area contributed by atoms with Crippen LogP contribution in [-0.2, 0) is 41.6 Å². The lowest BCUT2D eigenvalue weighted by atomic mass is 9.97. The molecule has 5 atom stereocenters. The summed E-state index contributed by atoms with van der Waals surface area (Å²) >= 11 is 0. The van der Waals surface area contributed by atoms with Crippen LogP contribution in [0.25, 0.3) is 0 Å². The molecule has 4 aromatic rings. The minimum Gasteiger partial charge on any atom is -0.466 e. The molecule has 8 heteroatoms. The Morgan fingerprint density at radius 1 is 0.630 bits per heavy atom. The van der Waals surface area contributed by atoms with Gasteiger partial charge in [0.2, 0.25) is 6.29 Å². The number of carbonyl (C=O) groups excluding carboxylic acids is 2. The second-order valence-electron chi connectivity index (χ2n) is 10.8. The summed E-state index contributed by atoms with van der Waals surface area (Å²) in [7, 11) is 0. The zero-order chi connectivity index (χ0) is 32.1. The smallest absolute Gasteiger partial charge is 0.338 e. The van der Waals surface area contributed by atoms with Crippen molar-refractivity contribution in [2.75, 3.05) is 6.61 Å². The molecular weight excluding hydrogens is 584 g/mol. The van der Waals surface area contributed by atoms with Crippen molar-refractivity contribution < 1.29 is 38.0 Å². The van der Waals surface area contributed by atoms with E-state index in [1.165, 1.54) is 0 Å². The van der Waals surface area contributed by atoms with Gasteiger partial charge in [-0.25, -0.2) is 9.59 Å². The summed E-state index contributed by atoms with van der Waals surface area (Å²) in [6.07, 6.45) is -3.30. The molecule has 0 spiro atoms. The van der Waals surface area contributed by atoms with E-state index in [0.717, 1.165) is 11.1 Å². The number of ether oxygens (including phenoxy) is 6. The standard InChI is InChI=1S/C38H38O8/c1-3-27(2)43-38-35(46-37(40)31-22-14-7-15-23-31)34(42-25-29-18-10-5-11-19-29)33(45-36(39)30-20-12-6-13-21-30)32(44-38)26-41-24-28-16-8-4-9-17-28/h3-23,32-35,38H,24-26H2,1-2H3/b27-3+/t32-,33-,34+,35-,38-/m1/s1. The zero-order valence-electron chi connectivity index (χ0n) is 25.9. The lowest BCUT2D eigenvalue weighted by Crippen LogP contribution is -2.62. The molecule has 1 aliphatic heterocycles. The number of esters is 2. The topological polar surface area (TPSA) is 89.5 Å². The number of allylic oxidation sites excluding steroid dienone is 2. The second kappa shape index (κ2) is 16.5. The number of benzene rings is 4. The Labute approximate surface area is 269 Å². The van der Waals surface area contributed by atoms with Gasteiger partial charge in [0.15, 0.2) is 12.2 Å². The van der Waals surface area contributed by atoms with Gasteiger partial charge in [-0.2, -0.15) is 0 Å². The molecule has 4 aromatic carbocycles. The van der Waals surface area contributed by atoms with Crippen molar-refractivity contribution >= 4 is 11.9 Å². The number of hydrogen-bond donors (Lipinski definition) is 0. The maximum Gasteiger partial charge on any atom is 0.338 e. The highest BCUT2D eigenvalue weighted by Crippen LogP contribution is 2.32. The number of rotatable bonds is 13. The number of hydrogen-bond acceptors (Lipinski definition) is 8. The SMILES string of the molecule is C/C=C(\C)O[C@@H]1O[C@H](COCc2ccccc2)[C@@H](OC(=O)c2ccccc2)[C@H](OCc2ccccc2)[C@H]1OC(=O)c1ccccc1. The van der Waals surface area contributed by atoms with Gasteiger partial charge in [0.25, 0.3) is 0 Å². The molecule has 0 bridgehead atoms. The predicted octanol–water partition coefficient (Wildman–Crippen LogP) is 6.91. The van der Waals surface area contributed by atoms with Crippen LogP contribution in [0.4, 0.5) is 0 Å². The molecule has 0 unspecified atom stereocenters. The third-order valence-electron chi connectivity index (χ3n) is 7.48. The fourth-order valence-corrected chi connectivity index (χ4v) is 4.98. The fourth-order valence-electron chi connectivity index (χ4n) is 4.98. The second-order valence-corrected chi connectivity index (χ2v) is 10.8. The maximum absolute atomic E-state index is 13.5. The van der Waals surface area contributed by atoms with Crippen LogP contribution in [0.15, 0.2) is 133 Å². The van der Waals surface area contributed by atoms with Crippen LogP contribution >= 0.6 is 0 Å². The monoisotopic (exact) mass is 622 g/mol. The molecular formula is C38H38O8. The minimum atomic E-state index is -1.12. The Hall–Kier alpha value is -4.76. The molecule has 46 heavy (non-hydrogen) atoms. The molecule has 5 rings (SSSR count). The average molecular weight is 623 g/mol. The summed E-state index contributed by atoms with van der Waals surface area (Å²) in [5.74, 6) is -0.620. The molecule has 0 aliphatic carbocycles. The highest BCUT2D eigenvalue weighted by atomic mass is 16.7. The lowest BCUT2D eigenvalue weighted by Gasteiger charge is -2.45. The van der Waals surface area contributed by atoms with E-state index in [4.69, 9.17) is 28.4 Å². The van der Waals surface area contributed by atoms with Gasteiger partial charge in [-0.15, -0.1) is 0 Å². The largest absolute Gasteiger partial charge is 0.466 e. The summed E-state index contributed by atoms with van der Waals surface area (Å²) < 4.78 is 37.5. The van der Waals surface area contributed by atoms with Crippen LogP contribution < -0.4 is 0 Å². The minimum absolute atomic E-state index is 0.0426. The molecule has 0 N–H and O–H groups in total. The third-order valence-corrected chi connectivity index (χ3v) is 7.48. The van der Waals surface area contributed by atoms with Crippen LogP contribution in [0, 0.1) is 0 Å². The Balaban J connectivity index is 1.50. The Bertz CT molecular complexity index is 1540. The van der Waals surface area contributed by atoms with Gasteiger partial charge in [-0.1, -0.05) is 97.1 Å². The summed E-state index contributed by atoms with van der Waals surface area (Å²) in [6, 6.07) is 36.6. The predicted molar refractivity (Wildman–Crippen MR) is 172 cm³/mol. The Morgan fingerprint density at radius 3 is 1.63 bits per heavy atom. The van der Waals surface area contributed by atoms with Gasteiger partial charge < -0.3 is 28.4 Å². The highest BCUT2D eigenvalue weighted by molar-refractivity contribution is 5.90. The van der Waals surface area contributed by atoms with E-state index >= 15 is 0 Å². The first kappa shape index (κ1) is 32.6. The van der Waals surface area contributed by atoms with Gasteiger partial charge in [-0.3, -0.25) is 0 Å². The molecule has 0 saturated carbocycles. The van der Waals surface area contributed by atoms with Gasteiger partial charge in [0.05, 0.1) is 36.7 Å². The quantitative estimate of drug-likeness (QED) is 0.118. The fraction of sp³-hybridized carbons (Fsp3) is 0.263. The van der Waals surface area contributed by atoms with Crippen LogP contribution in [0.2, 0.25) is 0 Å². The van der Waals surface area contributed by atoms with Gasteiger partial charge in [0, 0.05) is 0 Å². The van der Waals surface area contributed by atoms with E-state index in [9.17, 15) is 9.59 Å². The molecule has 1 aliphatic rings. The first-order chi connectivity index (χ1) is 22.5. The van der Waals surface area contributed by atoms with Crippen molar-refractivity contribution in [1.82, 2.24) is 0 Å². The van der Waals surface area contributed by atoms with E-state index in [2.05, 4.69) is 0 Å². The summed E-state index contributed by atoms with van der Waals surface area (Å²) in [5.41, 5.74) is 2.56. The van der Waals surface area contributed by atoms with Crippen LogP contribution in [0.5, 0.6) is 0 Å². The molecule has 0 aromatic heterocycles. The molecule has 1 fully saturated rings. The van der Waals surface area contributed by atoms with E-state index in [1.54, 1.807) is 61.5 Å². The van der Waals surface area contributed by atoms with Gasteiger partial charge in [0.1, 0.15) is 12.2 Å². The average Bonchev–Trinajstić information content (AvgIpc) is 3.11.